The van der Waals surface area contributed by atoms with Crippen molar-refractivity contribution in [1.82, 2.24) is 14.9 Å². The number of nitrogens with one attached hydrogen (secondary N) is 1. The molecule has 9 nitrogen and oxygen atoms in total. The highest BCUT2D eigenvalue weighted by Crippen LogP contribution is 2.35. The number of carbonyl (C=O) groups excluding carboxylic acids is 2. The molecule has 1 amide bonds. The molecule has 11 heteroatoms. The molecule has 0 aliphatic carbocycles. The summed E-state index contributed by atoms with van der Waals surface area (Å²) in [7, 11) is 3.08. The maximum atomic E-state index is 14.8. The van der Waals surface area contributed by atoms with Crippen molar-refractivity contribution in [2.45, 2.75) is 45.9 Å². The van der Waals surface area contributed by atoms with Gasteiger partial charge >= 0.3 is 5.97 Å². The minimum atomic E-state index is -0.827. The van der Waals surface area contributed by atoms with Crippen molar-refractivity contribution in [3.05, 3.63) is 94.7 Å². The SMILES string of the molecule is COc1ccc(CN2Cc3nc(-c4c(F)cccc4F)nc(Nc4ccc(CC(=O)OC(C)(C)C)cc4)c3C2=O)c(OC)c1. The van der Waals surface area contributed by atoms with Gasteiger partial charge in [0.15, 0.2) is 5.82 Å². The molecule has 1 aliphatic rings. The van der Waals surface area contributed by atoms with E-state index in [0.717, 1.165) is 23.3 Å². The normalized spacial score (nSPS) is 12.6. The van der Waals surface area contributed by atoms with Gasteiger partial charge in [0.2, 0.25) is 0 Å². The van der Waals surface area contributed by atoms with E-state index in [1.54, 1.807) is 75.2 Å². The Bertz CT molecular complexity index is 1700. The molecular weight excluding hydrogens is 570 g/mol. The highest BCUT2D eigenvalue weighted by molar-refractivity contribution is 6.03. The van der Waals surface area contributed by atoms with Gasteiger partial charge in [0.1, 0.15) is 40.1 Å². The third-order valence-corrected chi connectivity index (χ3v) is 6.85. The van der Waals surface area contributed by atoms with Crippen LogP contribution in [0.25, 0.3) is 11.4 Å². The van der Waals surface area contributed by atoms with E-state index >= 15 is 0 Å². The van der Waals surface area contributed by atoms with E-state index in [1.165, 1.54) is 13.2 Å². The Balaban J connectivity index is 1.48. The number of fused-ring (bicyclic) bond motifs is 1. The Morgan fingerprint density at radius 3 is 2.30 bits per heavy atom. The summed E-state index contributed by atoms with van der Waals surface area (Å²) in [4.78, 5) is 36.4. The molecule has 1 aromatic heterocycles. The zero-order valence-electron chi connectivity index (χ0n) is 25.0. The number of nitrogens with zero attached hydrogens (tertiary/aromatic N) is 3. The topological polar surface area (TPSA) is 103 Å². The fraction of sp³-hybridized carbons (Fsp3) is 0.273. The maximum Gasteiger partial charge on any atom is 0.310 e. The van der Waals surface area contributed by atoms with Gasteiger partial charge < -0.3 is 24.4 Å². The number of methoxy groups -OCH3 is 2. The first kappa shape index (κ1) is 30.4. The first-order chi connectivity index (χ1) is 21.0. The molecule has 2 heterocycles. The molecule has 228 valence electrons. The molecule has 44 heavy (non-hydrogen) atoms. The van der Waals surface area contributed by atoms with E-state index in [1.807, 2.05) is 0 Å². The molecule has 1 aliphatic heterocycles. The third-order valence-electron chi connectivity index (χ3n) is 6.85. The molecule has 0 saturated carbocycles. The molecule has 0 saturated heterocycles. The predicted octanol–water partition coefficient (Wildman–Crippen LogP) is 6.22. The lowest BCUT2D eigenvalue weighted by atomic mass is 10.1. The highest BCUT2D eigenvalue weighted by atomic mass is 19.1. The average molecular weight is 603 g/mol. The van der Waals surface area contributed by atoms with Crippen LogP contribution in [0.2, 0.25) is 0 Å². The summed E-state index contributed by atoms with van der Waals surface area (Å²) >= 11 is 0. The van der Waals surface area contributed by atoms with Crippen molar-refractivity contribution < 1.29 is 32.6 Å². The highest BCUT2D eigenvalue weighted by Gasteiger charge is 2.34. The zero-order valence-corrected chi connectivity index (χ0v) is 25.0. The number of hydrogen-bond acceptors (Lipinski definition) is 8. The molecule has 0 unspecified atom stereocenters. The van der Waals surface area contributed by atoms with Gasteiger partial charge in [0.25, 0.3) is 5.91 Å². The fourth-order valence-electron chi connectivity index (χ4n) is 4.87. The van der Waals surface area contributed by atoms with Gasteiger partial charge in [-0.1, -0.05) is 18.2 Å². The van der Waals surface area contributed by atoms with Crippen LogP contribution in [0.1, 0.15) is 48.0 Å². The number of halogens is 2. The van der Waals surface area contributed by atoms with Crippen molar-refractivity contribution in [3.63, 3.8) is 0 Å². The van der Waals surface area contributed by atoms with E-state index in [0.29, 0.717) is 22.9 Å². The van der Waals surface area contributed by atoms with Crippen molar-refractivity contribution in [3.8, 4) is 22.9 Å². The summed E-state index contributed by atoms with van der Waals surface area (Å²) in [6.07, 6.45) is 0.0828. The van der Waals surface area contributed by atoms with Gasteiger partial charge in [0.05, 0.1) is 45.0 Å². The van der Waals surface area contributed by atoms with Crippen LogP contribution in [0, 0.1) is 11.6 Å². The quantitative estimate of drug-likeness (QED) is 0.225. The van der Waals surface area contributed by atoms with Gasteiger partial charge in [-0.25, -0.2) is 18.7 Å². The number of esters is 1. The lowest BCUT2D eigenvalue weighted by Crippen LogP contribution is -2.24. The zero-order chi connectivity index (χ0) is 31.6. The lowest BCUT2D eigenvalue weighted by Gasteiger charge is -2.19. The molecule has 0 atom stereocenters. The summed E-state index contributed by atoms with van der Waals surface area (Å²) in [5, 5.41) is 3.12. The van der Waals surface area contributed by atoms with Gasteiger partial charge in [-0.15, -0.1) is 0 Å². The van der Waals surface area contributed by atoms with E-state index in [4.69, 9.17) is 14.2 Å². The van der Waals surface area contributed by atoms with E-state index < -0.39 is 22.8 Å². The molecule has 0 radical (unpaired) electrons. The summed E-state index contributed by atoms with van der Waals surface area (Å²) in [5.41, 5.74) is 1.52. The van der Waals surface area contributed by atoms with Crippen molar-refractivity contribution in [2.24, 2.45) is 0 Å². The first-order valence-electron chi connectivity index (χ1n) is 13.9. The summed E-state index contributed by atoms with van der Waals surface area (Å²) in [6, 6.07) is 15.7. The van der Waals surface area contributed by atoms with Gasteiger partial charge in [-0.2, -0.15) is 0 Å². The Morgan fingerprint density at radius 1 is 0.955 bits per heavy atom. The van der Waals surface area contributed by atoms with Crippen molar-refractivity contribution in [2.75, 3.05) is 19.5 Å². The third kappa shape index (κ3) is 6.61. The summed E-state index contributed by atoms with van der Waals surface area (Å²) < 4.78 is 45.8. The second-order valence-electron chi connectivity index (χ2n) is 11.2. The number of ether oxygens (including phenoxy) is 3. The smallest absolute Gasteiger partial charge is 0.310 e. The fourth-order valence-corrected chi connectivity index (χ4v) is 4.87. The number of benzene rings is 3. The summed E-state index contributed by atoms with van der Waals surface area (Å²) in [6.45, 7) is 5.67. The Morgan fingerprint density at radius 2 is 1.66 bits per heavy atom. The lowest BCUT2D eigenvalue weighted by molar-refractivity contribution is -0.153. The molecule has 4 aromatic rings. The molecule has 0 spiro atoms. The van der Waals surface area contributed by atoms with Gasteiger partial charge in [0, 0.05) is 17.3 Å². The van der Waals surface area contributed by atoms with Crippen molar-refractivity contribution in [1.29, 1.82) is 0 Å². The minimum absolute atomic E-state index is 0.0818. The predicted molar refractivity (Wildman–Crippen MR) is 160 cm³/mol. The van der Waals surface area contributed by atoms with E-state index in [2.05, 4.69) is 15.3 Å². The molecule has 3 aromatic carbocycles. The Kier molecular flexibility index (Phi) is 8.48. The second kappa shape index (κ2) is 12.3. The summed E-state index contributed by atoms with van der Waals surface area (Å²) in [5.74, 6) is -1.32. The van der Waals surface area contributed by atoms with Crippen LogP contribution in [0.3, 0.4) is 0 Å². The first-order valence-corrected chi connectivity index (χ1v) is 13.9. The van der Waals surface area contributed by atoms with Crippen molar-refractivity contribution >= 4 is 23.4 Å². The minimum Gasteiger partial charge on any atom is -0.497 e. The molecular formula is C33H32F2N4O5. The van der Waals surface area contributed by atoms with Crippen LogP contribution in [0.15, 0.2) is 60.7 Å². The number of aromatic nitrogens is 2. The van der Waals surface area contributed by atoms with E-state index in [-0.39, 0.29) is 48.6 Å². The Hall–Kier alpha value is -5.06. The van der Waals surface area contributed by atoms with Gasteiger partial charge in [-0.05, 0) is 62.7 Å². The largest absolute Gasteiger partial charge is 0.497 e. The van der Waals surface area contributed by atoms with Crippen LogP contribution >= 0.6 is 0 Å². The number of hydrogen-bond donors (Lipinski definition) is 1. The average Bonchev–Trinajstić information content (AvgIpc) is 3.28. The molecule has 5 rings (SSSR count). The second-order valence-corrected chi connectivity index (χ2v) is 11.2. The van der Waals surface area contributed by atoms with Crippen LogP contribution in [0.5, 0.6) is 11.5 Å². The molecule has 1 N–H and O–H groups in total. The van der Waals surface area contributed by atoms with Crippen LogP contribution in [-0.4, -0.2) is 46.6 Å². The maximum absolute atomic E-state index is 14.8. The van der Waals surface area contributed by atoms with Crippen LogP contribution in [-0.2, 0) is 29.0 Å². The molecule has 0 bridgehead atoms. The number of rotatable bonds is 9. The molecule has 0 fully saturated rings. The Labute approximate surface area is 253 Å². The number of anilines is 2. The number of carbonyl (C=O) groups is 2. The van der Waals surface area contributed by atoms with Gasteiger partial charge in [-0.3, -0.25) is 9.59 Å². The standard InChI is InChI=1S/C33H32F2N4O5/c1-33(2,3)44-27(40)15-19-9-12-21(13-10-19)36-31-29-25(37-30(38-31)28-23(34)7-6-8-24(28)35)18-39(32(29)41)17-20-11-14-22(42-4)16-26(20)43-5/h6-14,16H,15,17-18H2,1-5H3,(H,36,37,38). The van der Waals surface area contributed by atoms with E-state index in [9.17, 15) is 18.4 Å². The monoisotopic (exact) mass is 602 g/mol. The van der Waals surface area contributed by atoms with Crippen LogP contribution < -0.4 is 14.8 Å². The van der Waals surface area contributed by atoms with Crippen LogP contribution in [0.4, 0.5) is 20.3 Å². The number of amides is 1.